The van der Waals surface area contributed by atoms with Gasteiger partial charge in [-0.3, -0.25) is 4.90 Å². The molecule has 0 N–H and O–H groups in total. The number of halogens is 1. The zero-order chi connectivity index (χ0) is 13.2. The third kappa shape index (κ3) is 2.63. The summed E-state index contributed by atoms with van der Waals surface area (Å²) in [5, 5.41) is 8.14. The van der Waals surface area contributed by atoms with Crippen LogP contribution in [0.2, 0.25) is 4.34 Å². The van der Waals surface area contributed by atoms with Gasteiger partial charge in [-0.1, -0.05) is 28.2 Å². The first kappa shape index (κ1) is 13.0. The summed E-state index contributed by atoms with van der Waals surface area (Å²) in [5.74, 6) is 1.46. The van der Waals surface area contributed by atoms with Crippen molar-refractivity contribution in [3.8, 4) is 0 Å². The summed E-state index contributed by atoms with van der Waals surface area (Å²) < 4.78 is 9.72. The fourth-order valence-corrected chi connectivity index (χ4v) is 2.95. The third-order valence-corrected chi connectivity index (χ3v) is 4.29. The molecule has 1 saturated heterocycles. The largest absolute Gasteiger partial charge is 0.339 e. The van der Waals surface area contributed by atoms with E-state index in [2.05, 4.69) is 24.6 Å². The van der Waals surface area contributed by atoms with E-state index in [1.54, 1.807) is 0 Å². The summed E-state index contributed by atoms with van der Waals surface area (Å²) in [5.41, 5.74) is 0.831. The Kier molecular flexibility index (Phi) is 3.76. The van der Waals surface area contributed by atoms with E-state index in [0.717, 1.165) is 37.3 Å². The van der Waals surface area contributed by atoms with Crippen LogP contribution in [-0.4, -0.2) is 31.2 Å². The minimum atomic E-state index is 0.196. The number of aryl methyl sites for hydroxylation is 1. The van der Waals surface area contributed by atoms with Crippen molar-refractivity contribution in [1.82, 2.24) is 24.6 Å². The highest BCUT2D eigenvalue weighted by Crippen LogP contribution is 2.32. The molecule has 0 amide bonds. The van der Waals surface area contributed by atoms with Gasteiger partial charge >= 0.3 is 0 Å². The molecule has 1 fully saturated rings. The van der Waals surface area contributed by atoms with Crippen LogP contribution in [0.15, 0.2) is 4.52 Å². The lowest BCUT2D eigenvalue weighted by Gasteiger charge is -2.20. The summed E-state index contributed by atoms with van der Waals surface area (Å²) >= 11 is 7.28. The second kappa shape index (κ2) is 5.52. The zero-order valence-corrected chi connectivity index (χ0v) is 12.1. The predicted molar refractivity (Wildman–Crippen MR) is 71.0 cm³/mol. The molecule has 8 heteroatoms. The first-order valence-electron chi connectivity index (χ1n) is 6.31. The average Bonchev–Trinajstić information content (AvgIpc) is 3.11. The molecule has 6 nitrogen and oxygen atoms in total. The molecule has 2 aromatic heterocycles. The molecule has 3 heterocycles. The lowest BCUT2D eigenvalue weighted by molar-refractivity contribution is 0.231. The minimum Gasteiger partial charge on any atom is -0.339 e. The summed E-state index contributed by atoms with van der Waals surface area (Å²) in [6, 6.07) is 0.196. The van der Waals surface area contributed by atoms with Crippen molar-refractivity contribution in [3.63, 3.8) is 0 Å². The fourth-order valence-electron chi connectivity index (χ4n) is 2.34. The Hall–Kier alpha value is -1.05. The molecule has 0 aliphatic carbocycles. The topological polar surface area (TPSA) is 67.9 Å². The molecule has 0 spiro atoms. The quantitative estimate of drug-likeness (QED) is 0.864. The maximum Gasteiger partial charge on any atom is 0.226 e. The first-order valence-corrected chi connectivity index (χ1v) is 7.46. The van der Waals surface area contributed by atoms with Crippen LogP contribution in [0.25, 0.3) is 0 Å². The van der Waals surface area contributed by atoms with Crippen LogP contribution in [0.3, 0.4) is 0 Å². The predicted octanol–water partition coefficient (Wildman–Crippen LogP) is 2.47. The smallest absolute Gasteiger partial charge is 0.226 e. The molecule has 1 aliphatic rings. The van der Waals surface area contributed by atoms with E-state index in [-0.39, 0.29) is 6.04 Å². The summed E-state index contributed by atoms with van der Waals surface area (Å²) in [6.07, 6.45) is 2.93. The summed E-state index contributed by atoms with van der Waals surface area (Å²) in [7, 11) is 0. The Bertz CT molecular complexity index is 557. The third-order valence-electron chi connectivity index (χ3n) is 3.31. The van der Waals surface area contributed by atoms with E-state index < -0.39 is 0 Å². The van der Waals surface area contributed by atoms with E-state index in [1.165, 1.54) is 11.5 Å². The van der Waals surface area contributed by atoms with Gasteiger partial charge in [-0.25, -0.2) is 0 Å². The van der Waals surface area contributed by atoms with Crippen LogP contribution < -0.4 is 0 Å². The van der Waals surface area contributed by atoms with Gasteiger partial charge in [0, 0.05) is 24.5 Å². The number of hydrogen-bond donors (Lipinski definition) is 0. The molecule has 0 bridgehead atoms. The number of likely N-dealkylation sites (tertiary alicyclic amines) is 1. The van der Waals surface area contributed by atoms with Crippen LogP contribution in [-0.2, 0) is 13.0 Å². The van der Waals surface area contributed by atoms with Crippen molar-refractivity contribution in [2.45, 2.75) is 38.8 Å². The SMILES string of the molecule is CCc1nc([C@@H]2CCCN2Cc2nnsc2Cl)no1. The van der Waals surface area contributed by atoms with Crippen molar-refractivity contribution in [2.75, 3.05) is 6.54 Å². The van der Waals surface area contributed by atoms with Gasteiger partial charge in [0.2, 0.25) is 5.89 Å². The van der Waals surface area contributed by atoms with Crippen LogP contribution in [0.4, 0.5) is 0 Å². The van der Waals surface area contributed by atoms with Crippen LogP contribution in [0.5, 0.6) is 0 Å². The summed E-state index contributed by atoms with van der Waals surface area (Å²) in [6.45, 7) is 3.69. The Morgan fingerprint density at radius 1 is 1.53 bits per heavy atom. The standard InChI is InChI=1S/C11H14ClN5OS/c1-2-9-13-11(15-18-9)8-4-3-5-17(8)6-7-10(12)19-16-14-7/h8H,2-6H2,1H3/t8-/m0/s1. The molecule has 102 valence electrons. The van der Waals surface area contributed by atoms with Gasteiger partial charge in [-0.05, 0) is 19.4 Å². The number of aromatic nitrogens is 4. The molecule has 0 aromatic carbocycles. The Labute approximate surface area is 119 Å². The zero-order valence-electron chi connectivity index (χ0n) is 10.5. The molecule has 2 aromatic rings. The highest BCUT2D eigenvalue weighted by atomic mass is 35.5. The van der Waals surface area contributed by atoms with Crippen LogP contribution >= 0.6 is 23.1 Å². The molecule has 0 radical (unpaired) electrons. The molecule has 0 saturated carbocycles. The van der Waals surface area contributed by atoms with Gasteiger partial charge in [0.1, 0.15) is 10.0 Å². The van der Waals surface area contributed by atoms with Gasteiger partial charge < -0.3 is 4.52 Å². The molecular weight excluding hydrogens is 286 g/mol. The highest BCUT2D eigenvalue weighted by molar-refractivity contribution is 7.10. The maximum atomic E-state index is 6.06. The Morgan fingerprint density at radius 2 is 2.42 bits per heavy atom. The van der Waals surface area contributed by atoms with E-state index in [9.17, 15) is 0 Å². The maximum absolute atomic E-state index is 6.06. The van der Waals surface area contributed by atoms with E-state index in [4.69, 9.17) is 16.1 Å². The minimum absolute atomic E-state index is 0.196. The number of nitrogens with zero attached hydrogens (tertiary/aromatic N) is 5. The van der Waals surface area contributed by atoms with E-state index in [1.807, 2.05) is 6.92 Å². The second-order valence-electron chi connectivity index (χ2n) is 4.52. The molecule has 19 heavy (non-hydrogen) atoms. The molecular formula is C11H14ClN5OS. The lowest BCUT2D eigenvalue weighted by Crippen LogP contribution is -2.24. The van der Waals surface area contributed by atoms with Gasteiger partial charge in [0.15, 0.2) is 5.82 Å². The molecule has 0 unspecified atom stereocenters. The highest BCUT2D eigenvalue weighted by Gasteiger charge is 2.30. The second-order valence-corrected chi connectivity index (χ2v) is 5.88. The molecule has 1 aliphatic heterocycles. The van der Waals surface area contributed by atoms with Crippen molar-refractivity contribution in [1.29, 1.82) is 0 Å². The van der Waals surface area contributed by atoms with Gasteiger partial charge in [0.05, 0.1) is 6.04 Å². The van der Waals surface area contributed by atoms with Crippen molar-refractivity contribution >= 4 is 23.1 Å². The summed E-state index contributed by atoms with van der Waals surface area (Å²) in [4.78, 5) is 6.71. The fraction of sp³-hybridized carbons (Fsp3) is 0.636. The molecule has 1 atom stereocenters. The Morgan fingerprint density at radius 3 is 3.11 bits per heavy atom. The van der Waals surface area contributed by atoms with Crippen LogP contribution in [0, 0.1) is 0 Å². The van der Waals surface area contributed by atoms with Gasteiger partial charge in [0.25, 0.3) is 0 Å². The Balaban J connectivity index is 1.76. The number of hydrogen-bond acceptors (Lipinski definition) is 7. The monoisotopic (exact) mass is 299 g/mol. The van der Waals surface area contributed by atoms with Crippen molar-refractivity contribution in [3.05, 3.63) is 21.7 Å². The number of rotatable bonds is 4. The van der Waals surface area contributed by atoms with Crippen molar-refractivity contribution in [2.24, 2.45) is 0 Å². The van der Waals surface area contributed by atoms with E-state index >= 15 is 0 Å². The van der Waals surface area contributed by atoms with E-state index in [0.29, 0.717) is 16.8 Å². The van der Waals surface area contributed by atoms with Crippen molar-refractivity contribution < 1.29 is 4.52 Å². The average molecular weight is 300 g/mol. The van der Waals surface area contributed by atoms with Gasteiger partial charge in [-0.2, -0.15) is 4.98 Å². The first-order chi connectivity index (χ1) is 9.28. The lowest BCUT2D eigenvalue weighted by atomic mass is 10.2. The normalized spacial score (nSPS) is 20.2. The van der Waals surface area contributed by atoms with Gasteiger partial charge in [-0.15, -0.1) is 5.10 Å². The van der Waals surface area contributed by atoms with Crippen LogP contribution in [0.1, 0.15) is 43.2 Å². The molecule has 3 rings (SSSR count).